The predicted octanol–water partition coefficient (Wildman–Crippen LogP) is 4.97. The maximum atomic E-state index is 11.3. The first-order chi connectivity index (χ1) is 20.1. The van der Waals surface area contributed by atoms with Crippen molar-refractivity contribution in [1.29, 1.82) is 0 Å². The molecule has 3 aromatic rings. The van der Waals surface area contributed by atoms with Crippen LogP contribution >= 0.6 is 24.0 Å². The number of likely N-dealkylation sites (N-methyl/N-ethyl adjacent to an activating group) is 1. The van der Waals surface area contributed by atoms with E-state index < -0.39 is 5.79 Å². The highest BCUT2D eigenvalue weighted by Gasteiger charge is 2.44. The molecular formula is C31H35Cl2NO9. The number of aliphatic hydroxyl groups is 1. The lowest BCUT2D eigenvalue weighted by Gasteiger charge is -2.39. The van der Waals surface area contributed by atoms with Crippen molar-refractivity contribution in [3.63, 3.8) is 0 Å². The predicted molar refractivity (Wildman–Crippen MR) is 165 cm³/mol. The minimum Gasteiger partial charge on any atom is -0.497 e. The van der Waals surface area contributed by atoms with Gasteiger partial charge in [0.15, 0.2) is 24.7 Å². The molecule has 0 aliphatic carbocycles. The Morgan fingerprint density at radius 2 is 1.63 bits per heavy atom. The largest absolute Gasteiger partial charge is 0.497 e. The molecule has 10 nitrogen and oxygen atoms in total. The molecule has 0 bridgehead atoms. The summed E-state index contributed by atoms with van der Waals surface area (Å²) in [4.78, 5) is 13.2. The van der Waals surface area contributed by atoms with Crippen LogP contribution in [0.2, 0.25) is 5.02 Å². The Balaban J connectivity index is 0.000000249. The smallest absolute Gasteiger partial charge is 0.344 e. The normalized spacial score (nSPS) is 15.8. The lowest BCUT2D eigenvalue weighted by molar-refractivity contribution is -0.146. The maximum absolute atomic E-state index is 11.3. The zero-order chi connectivity index (χ0) is 30.3. The van der Waals surface area contributed by atoms with E-state index in [1.165, 1.54) is 0 Å². The van der Waals surface area contributed by atoms with Gasteiger partial charge in [-0.15, -0.1) is 12.4 Å². The maximum Gasteiger partial charge on any atom is 0.344 e. The lowest BCUT2D eigenvalue weighted by atomic mass is 9.90. The minimum absolute atomic E-state index is 0. The lowest BCUT2D eigenvalue weighted by Crippen LogP contribution is -2.47. The van der Waals surface area contributed by atoms with Crippen molar-refractivity contribution in [2.75, 3.05) is 61.8 Å². The molecule has 0 fully saturated rings. The van der Waals surface area contributed by atoms with Gasteiger partial charge in [-0.1, -0.05) is 11.6 Å². The number of benzene rings is 3. The second kappa shape index (κ2) is 15.1. The van der Waals surface area contributed by atoms with Crippen molar-refractivity contribution in [2.24, 2.45) is 0 Å². The van der Waals surface area contributed by atoms with Crippen molar-refractivity contribution in [1.82, 2.24) is 4.90 Å². The number of carbonyl (C=O) groups is 1. The van der Waals surface area contributed by atoms with Crippen LogP contribution in [0.15, 0.2) is 54.6 Å². The van der Waals surface area contributed by atoms with Crippen molar-refractivity contribution in [3.05, 3.63) is 70.7 Å². The summed E-state index contributed by atoms with van der Waals surface area (Å²) in [6, 6.07) is 15.8. The molecule has 0 saturated carbocycles. The summed E-state index contributed by atoms with van der Waals surface area (Å²) in [7, 11) is 8.54. The molecule has 0 saturated heterocycles. The zero-order valence-electron chi connectivity index (χ0n) is 24.5. The summed E-state index contributed by atoms with van der Waals surface area (Å²) in [5.74, 6) is 1.56. The molecular weight excluding hydrogens is 601 g/mol. The molecule has 5 rings (SSSR count). The van der Waals surface area contributed by atoms with Gasteiger partial charge >= 0.3 is 5.97 Å². The number of nitrogens with zero attached hydrogens (tertiary/aromatic N) is 1. The number of hydrogen-bond donors (Lipinski definition) is 1. The number of methoxy groups -OCH3 is 3. The van der Waals surface area contributed by atoms with Crippen LogP contribution in [0.25, 0.3) is 11.6 Å². The van der Waals surface area contributed by atoms with Crippen LogP contribution in [-0.2, 0) is 9.53 Å². The Morgan fingerprint density at radius 3 is 2.28 bits per heavy atom. The van der Waals surface area contributed by atoms with Gasteiger partial charge in [-0.3, -0.25) is 0 Å². The quantitative estimate of drug-likeness (QED) is 0.324. The monoisotopic (exact) mass is 635 g/mol. The van der Waals surface area contributed by atoms with Gasteiger partial charge < -0.3 is 43.2 Å². The standard InChI is InChI=1S/C19H18O6.C12H16ClNO3.ClH/c1-21-12-5-4-11-6-14-13-8-17(22-2)18(23-3)9-16(13)24-10-19(14,20)25-15(11)7-12;1-14(2)7-8-16-12(15)9-17-11-5-3-10(13)4-6-11;/h4-9,20H,10H2,1-3H3;3-6H,7-9H2,1-2H3;1H. The highest BCUT2D eigenvalue weighted by molar-refractivity contribution is 6.30. The Morgan fingerprint density at radius 1 is 0.953 bits per heavy atom. The van der Waals surface area contributed by atoms with Gasteiger partial charge in [0, 0.05) is 40.4 Å². The first-order valence-corrected chi connectivity index (χ1v) is 13.4. The minimum atomic E-state index is -1.58. The van der Waals surface area contributed by atoms with Crippen molar-refractivity contribution in [3.8, 4) is 34.5 Å². The fraction of sp³-hybridized carbons (Fsp3) is 0.323. The third-order valence-electron chi connectivity index (χ3n) is 6.39. The molecule has 1 unspecified atom stereocenters. The Labute approximate surface area is 262 Å². The Hall–Kier alpha value is -3.83. The van der Waals surface area contributed by atoms with Crippen LogP contribution in [0, 0.1) is 0 Å². The Kier molecular flexibility index (Phi) is 11.8. The van der Waals surface area contributed by atoms with Gasteiger partial charge in [0.1, 0.15) is 29.6 Å². The van der Waals surface area contributed by atoms with Crippen LogP contribution in [0.4, 0.5) is 0 Å². The van der Waals surface area contributed by atoms with Gasteiger partial charge in [-0.2, -0.15) is 0 Å². The third-order valence-corrected chi connectivity index (χ3v) is 6.64. The van der Waals surface area contributed by atoms with Crippen LogP contribution in [0.5, 0.6) is 34.5 Å². The van der Waals surface area contributed by atoms with Gasteiger partial charge in [0.05, 0.1) is 21.3 Å². The SMILES string of the molecule is CN(C)CCOC(=O)COc1ccc(Cl)cc1.COc1ccc2c(c1)OC1(O)COc3cc(OC)c(OC)cc3C1=C2.Cl. The fourth-order valence-electron chi connectivity index (χ4n) is 4.17. The number of carbonyl (C=O) groups excluding carboxylic acids is 1. The van der Waals surface area contributed by atoms with Crippen molar-refractivity contribution >= 4 is 41.6 Å². The van der Waals surface area contributed by atoms with E-state index in [-0.39, 0.29) is 31.6 Å². The fourth-order valence-corrected chi connectivity index (χ4v) is 4.30. The summed E-state index contributed by atoms with van der Waals surface area (Å²) in [6.45, 7) is 0.954. The van der Waals surface area contributed by atoms with E-state index in [0.717, 1.165) is 5.56 Å². The summed E-state index contributed by atoms with van der Waals surface area (Å²) in [6.07, 6.45) is 1.89. The molecule has 2 aliphatic rings. The van der Waals surface area contributed by atoms with E-state index in [0.29, 0.717) is 63.8 Å². The number of rotatable bonds is 9. The molecule has 232 valence electrons. The van der Waals surface area contributed by atoms with Crippen LogP contribution in [0.3, 0.4) is 0 Å². The Bertz CT molecular complexity index is 1430. The van der Waals surface area contributed by atoms with E-state index in [1.54, 1.807) is 63.8 Å². The van der Waals surface area contributed by atoms with Gasteiger partial charge in [0.2, 0.25) is 0 Å². The molecule has 0 spiro atoms. The number of halogens is 2. The molecule has 1 atom stereocenters. The van der Waals surface area contributed by atoms with Crippen molar-refractivity contribution < 1.29 is 43.1 Å². The second-order valence-electron chi connectivity index (χ2n) is 9.61. The van der Waals surface area contributed by atoms with E-state index >= 15 is 0 Å². The molecule has 0 aromatic heterocycles. The van der Waals surface area contributed by atoms with Gasteiger partial charge in [0.25, 0.3) is 5.79 Å². The van der Waals surface area contributed by atoms with Gasteiger partial charge in [-0.05, 0) is 62.6 Å². The highest BCUT2D eigenvalue weighted by atomic mass is 35.5. The molecule has 12 heteroatoms. The molecule has 0 radical (unpaired) electrons. The first-order valence-electron chi connectivity index (χ1n) is 13.0. The number of ether oxygens (including phenoxy) is 7. The molecule has 1 N–H and O–H groups in total. The first kappa shape index (κ1) is 33.7. The summed E-state index contributed by atoms with van der Waals surface area (Å²) in [5.41, 5.74) is 2.17. The van der Waals surface area contributed by atoms with Crippen molar-refractivity contribution in [2.45, 2.75) is 5.79 Å². The molecule has 43 heavy (non-hydrogen) atoms. The summed E-state index contributed by atoms with van der Waals surface area (Å²) in [5, 5.41) is 11.6. The van der Waals surface area contributed by atoms with E-state index in [9.17, 15) is 9.90 Å². The third kappa shape index (κ3) is 8.39. The number of hydrogen-bond acceptors (Lipinski definition) is 10. The molecule has 0 amide bonds. The average molecular weight is 637 g/mol. The molecule has 2 aliphatic heterocycles. The number of fused-ring (bicyclic) bond motifs is 4. The van der Waals surface area contributed by atoms with E-state index in [4.69, 9.17) is 44.8 Å². The van der Waals surface area contributed by atoms with Crippen LogP contribution < -0.4 is 28.4 Å². The van der Waals surface area contributed by atoms with Crippen LogP contribution in [-0.4, -0.2) is 83.6 Å². The summed E-state index contributed by atoms with van der Waals surface area (Å²) >= 11 is 5.72. The molecule has 2 heterocycles. The van der Waals surface area contributed by atoms with Gasteiger partial charge in [-0.25, -0.2) is 4.79 Å². The topological polar surface area (TPSA) is 105 Å². The van der Waals surface area contributed by atoms with Crippen LogP contribution in [0.1, 0.15) is 11.1 Å². The van der Waals surface area contributed by atoms with E-state index in [2.05, 4.69) is 0 Å². The summed E-state index contributed by atoms with van der Waals surface area (Å²) < 4.78 is 37.7. The second-order valence-corrected chi connectivity index (χ2v) is 10.0. The van der Waals surface area contributed by atoms with E-state index in [1.807, 2.05) is 37.2 Å². The molecule has 3 aromatic carbocycles. The average Bonchev–Trinajstić information content (AvgIpc) is 2.98. The number of esters is 1. The zero-order valence-corrected chi connectivity index (χ0v) is 26.1. The highest BCUT2D eigenvalue weighted by Crippen LogP contribution is 2.49.